The lowest BCUT2D eigenvalue weighted by atomic mass is 10.5. The summed E-state index contributed by atoms with van der Waals surface area (Å²) < 4.78 is 10.0. The first-order valence-electron chi connectivity index (χ1n) is 2.65. The van der Waals surface area contributed by atoms with Gasteiger partial charge in [0.25, 0.3) is 0 Å². The van der Waals surface area contributed by atoms with Gasteiger partial charge in [0, 0.05) is 0 Å². The molecule has 10 heavy (non-hydrogen) atoms. The maximum atomic E-state index is 5.60. The topological polar surface area (TPSA) is 18.5 Å². The summed E-state index contributed by atoms with van der Waals surface area (Å²) in [5, 5.41) is 0. The Labute approximate surface area is 73.6 Å². The highest BCUT2D eigenvalue weighted by molar-refractivity contribution is 6.56. The Morgan fingerprint density at radius 2 is 2.10 bits per heavy atom. The fourth-order valence-corrected chi connectivity index (χ4v) is 1.26. The van der Waals surface area contributed by atoms with E-state index in [4.69, 9.17) is 44.3 Å². The summed E-state index contributed by atoms with van der Waals surface area (Å²) in [6.07, 6.45) is 0. The van der Waals surface area contributed by atoms with E-state index in [1.807, 2.05) is 0 Å². The molecular formula is C5H5Cl3O2. The summed E-state index contributed by atoms with van der Waals surface area (Å²) >= 11 is 16.4. The Morgan fingerprint density at radius 1 is 1.40 bits per heavy atom. The van der Waals surface area contributed by atoms with Crippen molar-refractivity contribution in [2.45, 2.75) is 5.56 Å². The molecule has 0 aromatic heterocycles. The zero-order valence-corrected chi connectivity index (χ0v) is 7.21. The van der Waals surface area contributed by atoms with Crippen LogP contribution >= 0.6 is 34.8 Å². The zero-order chi connectivity index (χ0) is 7.56. The molecule has 0 saturated carbocycles. The second kappa shape index (κ2) is 3.67. The second-order valence-electron chi connectivity index (χ2n) is 1.66. The van der Waals surface area contributed by atoms with Crippen LogP contribution in [0.5, 0.6) is 0 Å². The van der Waals surface area contributed by atoms with Crippen LogP contribution in [0.3, 0.4) is 0 Å². The fourth-order valence-electron chi connectivity index (χ4n) is 0.585. The van der Waals surface area contributed by atoms with Crippen molar-refractivity contribution in [2.24, 2.45) is 0 Å². The summed E-state index contributed by atoms with van der Waals surface area (Å²) in [6.45, 7) is 0.917. The van der Waals surface area contributed by atoms with Crippen LogP contribution in [0.25, 0.3) is 0 Å². The minimum atomic E-state index is -0.640. The van der Waals surface area contributed by atoms with Gasteiger partial charge in [0.2, 0.25) is 0 Å². The Balaban J connectivity index is 2.65. The normalized spacial score (nSPS) is 25.9. The van der Waals surface area contributed by atoms with Crippen molar-refractivity contribution in [3.63, 3.8) is 0 Å². The molecular weight excluding hydrogens is 198 g/mol. The van der Waals surface area contributed by atoms with Crippen molar-refractivity contribution >= 4 is 34.8 Å². The highest BCUT2D eigenvalue weighted by Gasteiger charge is 2.20. The number of rotatable bonds is 0. The van der Waals surface area contributed by atoms with Crippen molar-refractivity contribution in [1.82, 2.24) is 0 Å². The van der Waals surface area contributed by atoms with Gasteiger partial charge < -0.3 is 9.47 Å². The van der Waals surface area contributed by atoms with Gasteiger partial charge in [-0.2, -0.15) is 0 Å². The molecule has 0 bridgehead atoms. The zero-order valence-electron chi connectivity index (χ0n) is 4.94. The molecule has 1 saturated heterocycles. The van der Waals surface area contributed by atoms with E-state index in [2.05, 4.69) is 0 Å². The average molecular weight is 203 g/mol. The molecule has 58 valence electrons. The molecule has 1 unspecified atom stereocenters. The lowest BCUT2D eigenvalue weighted by molar-refractivity contribution is -0.00646. The van der Waals surface area contributed by atoms with E-state index in [-0.39, 0.29) is 4.49 Å². The molecule has 1 aliphatic heterocycles. The van der Waals surface area contributed by atoms with Gasteiger partial charge in [-0.1, -0.05) is 34.8 Å². The first-order valence-corrected chi connectivity index (χ1v) is 3.84. The van der Waals surface area contributed by atoms with E-state index in [9.17, 15) is 0 Å². The Kier molecular flexibility index (Phi) is 3.11. The van der Waals surface area contributed by atoms with Crippen molar-refractivity contribution < 1.29 is 9.47 Å². The lowest BCUT2D eigenvalue weighted by Gasteiger charge is -2.21. The number of halogens is 3. The Hall–Kier alpha value is 0.370. The van der Waals surface area contributed by atoms with Gasteiger partial charge in [0.05, 0.1) is 6.61 Å². The van der Waals surface area contributed by atoms with Gasteiger partial charge in [0.15, 0.2) is 11.3 Å². The molecule has 1 heterocycles. The van der Waals surface area contributed by atoms with Crippen molar-refractivity contribution in [1.29, 1.82) is 0 Å². The van der Waals surface area contributed by atoms with E-state index in [1.165, 1.54) is 0 Å². The van der Waals surface area contributed by atoms with Gasteiger partial charge >= 0.3 is 0 Å². The molecule has 5 heteroatoms. The predicted molar refractivity (Wildman–Crippen MR) is 40.3 cm³/mol. The van der Waals surface area contributed by atoms with Crippen LogP contribution in [0, 0.1) is 0 Å². The van der Waals surface area contributed by atoms with Crippen LogP contribution in [0.2, 0.25) is 0 Å². The number of alkyl halides is 1. The Bertz CT molecular complexity index is 153. The second-order valence-corrected chi connectivity index (χ2v) is 3.01. The molecule has 0 aromatic carbocycles. The van der Waals surface area contributed by atoms with Gasteiger partial charge in [-0.15, -0.1) is 0 Å². The number of ether oxygens (including phenoxy) is 2. The van der Waals surface area contributed by atoms with E-state index >= 15 is 0 Å². The third-order valence-corrected chi connectivity index (χ3v) is 1.69. The molecule has 1 fully saturated rings. The minimum Gasteiger partial charge on any atom is -0.489 e. The highest BCUT2D eigenvalue weighted by atomic mass is 35.5. The summed E-state index contributed by atoms with van der Waals surface area (Å²) in [7, 11) is 0. The van der Waals surface area contributed by atoms with E-state index in [0.29, 0.717) is 19.0 Å². The molecule has 2 nitrogen and oxygen atoms in total. The van der Waals surface area contributed by atoms with Crippen molar-refractivity contribution in [3.05, 3.63) is 10.3 Å². The molecule has 0 aromatic rings. The summed E-state index contributed by atoms with van der Waals surface area (Å²) in [5.41, 5.74) is -0.640. The van der Waals surface area contributed by atoms with Crippen LogP contribution in [0.1, 0.15) is 0 Å². The van der Waals surface area contributed by atoms with Gasteiger partial charge in [-0.25, -0.2) is 0 Å². The largest absolute Gasteiger partial charge is 0.489 e. The summed E-state index contributed by atoms with van der Waals surface area (Å²) in [6, 6.07) is 0. The first-order chi connectivity index (χ1) is 4.72. The van der Waals surface area contributed by atoms with Gasteiger partial charge in [-0.05, 0) is 0 Å². The number of hydrogen-bond donors (Lipinski definition) is 0. The molecule has 0 radical (unpaired) electrons. The minimum absolute atomic E-state index is 0.0275. The Morgan fingerprint density at radius 3 is 2.50 bits per heavy atom. The highest BCUT2D eigenvalue weighted by Crippen LogP contribution is 2.25. The molecule has 1 aliphatic rings. The third-order valence-electron chi connectivity index (χ3n) is 0.997. The predicted octanol–water partition coefficient (Wildman–Crippen LogP) is 2.24. The number of hydrogen-bond acceptors (Lipinski definition) is 2. The van der Waals surface area contributed by atoms with Gasteiger partial charge in [-0.3, -0.25) is 0 Å². The van der Waals surface area contributed by atoms with Crippen molar-refractivity contribution in [2.75, 3.05) is 13.2 Å². The SMILES string of the molecule is ClC(Cl)=C1OCCOC1Cl. The molecule has 0 aliphatic carbocycles. The summed E-state index contributed by atoms with van der Waals surface area (Å²) in [5.74, 6) is 0.302. The van der Waals surface area contributed by atoms with Crippen LogP contribution in [0.15, 0.2) is 10.3 Å². The van der Waals surface area contributed by atoms with E-state index in [1.54, 1.807) is 0 Å². The van der Waals surface area contributed by atoms with Crippen LogP contribution in [-0.2, 0) is 9.47 Å². The van der Waals surface area contributed by atoms with E-state index in [0.717, 1.165) is 0 Å². The quantitative estimate of drug-likeness (QED) is 0.562. The molecule has 1 rings (SSSR count). The molecule has 0 spiro atoms. The molecule has 0 amide bonds. The van der Waals surface area contributed by atoms with Crippen LogP contribution < -0.4 is 0 Å². The average Bonchev–Trinajstić information content (AvgIpc) is 1.88. The standard InChI is InChI=1S/C5H5Cl3O2/c6-4(7)3-5(8)10-2-1-9-3/h5H,1-2H2. The summed E-state index contributed by atoms with van der Waals surface area (Å²) in [4.78, 5) is 0. The molecule has 0 N–H and O–H groups in total. The maximum Gasteiger partial charge on any atom is 0.190 e. The lowest BCUT2D eigenvalue weighted by Crippen LogP contribution is -2.22. The maximum absolute atomic E-state index is 5.60. The monoisotopic (exact) mass is 202 g/mol. The van der Waals surface area contributed by atoms with E-state index < -0.39 is 5.56 Å². The third kappa shape index (κ3) is 1.92. The fraction of sp³-hybridized carbons (Fsp3) is 0.600. The smallest absolute Gasteiger partial charge is 0.190 e. The first kappa shape index (κ1) is 8.47. The van der Waals surface area contributed by atoms with Crippen LogP contribution in [-0.4, -0.2) is 18.8 Å². The van der Waals surface area contributed by atoms with Crippen LogP contribution in [0.4, 0.5) is 0 Å². The molecule has 1 atom stereocenters. The van der Waals surface area contributed by atoms with Gasteiger partial charge in [0.1, 0.15) is 11.1 Å². The van der Waals surface area contributed by atoms with Crippen molar-refractivity contribution in [3.8, 4) is 0 Å².